The van der Waals surface area contributed by atoms with Gasteiger partial charge in [-0.1, -0.05) is 39.0 Å². The Labute approximate surface area is 187 Å². The summed E-state index contributed by atoms with van der Waals surface area (Å²) in [5, 5.41) is 20.4. The van der Waals surface area contributed by atoms with Gasteiger partial charge in [0.2, 0.25) is 0 Å². The molecule has 0 saturated heterocycles. The second-order valence-electron chi connectivity index (χ2n) is 10.5. The molecule has 0 radical (unpaired) electrons. The number of allylic oxidation sites excluding steroid dienone is 3. The second-order valence-corrected chi connectivity index (χ2v) is 10.5. The van der Waals surface area contributed by atoms with Crippen LogP contribution in [-0.2, 0) is 14.3 Å². The van der Waals surface area contributed by atoms with Gasteiger partial charge in [0.05, 0.1) is 17.6 Å². The van der Waals surface area contributed by atoms with Crippen molar-refractivity contribution in [3.63, 3.8) is 0 Å². The van der Waals surface area contributed by atoms with Crippen molar-refractivity contribution in [2.45, 2.75) is 98.4 Å². The normalized spacial score (nSPS) is 30.2. The van der Waals surface area contributed by atoms with Gasteiger partial charge in [-0.2, -0.15) is 0 Å². The predicted octanol–water partition coefficient (Wildman–Crippen LogP) is 4.61. The van der Waals surface area contributed by atoms with Crippen molar-refractivity contribution in [3.8, 4) is 0 Å². The molecule has 0 amide bonds. The van der Waals surface area contributed by atoms with Crippen LogP contribution in [0.25, 0.3) is 0 Å². The molecule has 31 heavy (non-hydrogen) atoms. The van der Waals surface area contributed by atoms with Crippen molar-refractivity contribution in [2.24, 2.45) is 29.1 Å². The highest BCUT2D eigenvalue weighted by atomic mass is 16.5. The van der Waals surface area contributed by atoms with Crippen LogP contribution >= 0.6 is 0 Å². The summed E-state index contributed by atoms with van der Waals surface area (Å²) in [5.74, 6) is 0.830. The SMILES string of the molecule is CCC(C)(C)C(=O)O[C@H]1C[C@@H](C)C=C2C=C[C@H](C)[C@H](CCC(O)C[C@@H](O)CC(C)=O)[C@H]21. The second kappa shape index (κ2) is 10.9. The molecule has 0 aromatic carbocycles. The zero-order chi connectivity index (χ0) is 23.3. The van der Waals surface area contributed by atoms with E-state index in [1.807, 2.05) is 20.8 Å². The van der Waals surface area contributed by atoms with Crippen LogP contribution in [0.4, 0.5) is 0 Å². The molecule has 0 aliphatic heterocycles. The number of carbonyl (C=O) groups is 2. The van der Waals surface area contributed by atoms with Crippen molar-refractivity contribution in [3.05, 3.63) is 23.8 Å². The quantitative estimate of drug-likeness (QED) is 0.491. The van der Waals surface area contributed by atoms with Crippen LogP contribution in [0.3, 0.4) is 0 Å². The maximum absolute atomic E-state index is 12.9. The number of ether oxygens (including phenoxy) is 1. The molecule has 0 spiro atoms. The maximum atomic E-state index is 12.9. The third kappa shape index (κ3) is 7.01. The molecule has 0 saturated carbocycles. The summed E-state index contributed by atoms with van der Waals surface area (Å²) in [6.07, 6.45) is 8.26. The summed E-state index contributed by atoms with van der Waals surface area (Å²) in [5.41, 5.74) is 0.735. The summed E-state index contributed by atoms with van der Waals surface area (Å²) in [6.45, 7) is 11.7. The molecule has 5 nitrogen and oxygen atoms in total. The smallest absolute Gasteiger partial charge is 0.311 e. The van der Waals surface area contributed by atoms with E-state index >= 15 is 0 Å². The number of aliphatic hydroxyl groups excluding tert-OH is 2. The molecule has 0 aromatic heterocycles. The lowest BCUT2D eigenvalue weighted by Gasteiger charge is -2.44. The molecule has 7 atom stereocenters. The first-order chi connectivity index (χ1) is 14.4. The van der Waals surface area contributed by atoms with Crippen LogP contribution in [0.1, 0.15) is 80.1 Å². The number of fused-ring (bicyclic) bond motifs is 1. The highest BCUT2D eigenvalue weighted by Crippen LogP contribution is 2.45. The number of aliphatic hydroxyl groups is 2. The van der Waals surface area contributed by atoms with Gasteiger partial charge < -0.3 is 14.9 Å². The Morgan fingerprint density at radius 3 is 2.52 bits per heavy atom. The van der Waals surface area contributed by atoms with Gasteiger partial charge in [0, 0.05) is 12.3 Å². The molecule has 1 unspecified atom stereocenters. The number of ketones is 1. The minimum atomic E-state index is -0.799. The molecule has 0 aromatic rings. The molecule has 176 valence electrons. The van der Waals surface area contributed by atoms with Gasteiger partial charge in [-0.15, -0.1) is 0 Å². The number of rotatable bonds is 10. The zero-order valence-corrected chi connectivity index (χ0v) is 20.1. The summed E-state index contributed by atoms with van der Waals surface area (Å²) in [4.78, 5) is 24.0. The lowest BCUT2D eigenvalue weighted by atomic mass is 9.65. The molecular formula is C26H42O5. The number of hydrogen-bond donors (Lipinski definition) is 2. The zero-order valence-electron chi connectivity index (χ0n) is 20.1. The van der Waals surface area contributed by atoms with Crippen molar-refractivity contribution in [2.75, 3.05) is 0 Å². The summed E-state index contributed by atoms with van der Waals surface area (Å²) < 4.78 is 6.13. The standard InChI is InChI=1S/C26H42O5/c1-7-26(5,6)25(30)31-23-13-16(2)12-19-9-8-17(3)22(24(19)23)11-10-20(28)15-21(29)14-18(4)27/h8-9,12,16-17,20-24,28-29H,7,10-11,13-15H2,1-6H3/t16-,17-,20?,21-,22-,23-,24-/m0/s1. The molecule has 5 heteroatoms. The summed E-state index contributed by atoms with van der Waals surface area (Å²) >= 11 is 0. The van der Waals surface area contributed by atoms with Crippen LogP contribution in [0.2, 0.25) is 0 Å². The minimum Gasteiger partial charge on any atom is -0.461 e. The van der Waals surface area contributed by atoms with Gasteiger partial charge in [-0.05, 0) is 76.2 Å². The van der Waals surface area contributed by atoms with Gasteiger partial charge in [0.25, 0.3) is 0 Å². The first-order valence-corrected chi connectivity index (χ1v) is 11.9. The summed E-state index contributed by atoms with van der Waals surface area (Å²) in [7, 11) is 0. The van der Waals surface area contributed by atoms with E-state index in [0.717, 1.165) is 19.3 Å². The van der Waals surface area contributed by atoms with Crippen LogP contribution in [0, 0.1) is 29.1 Å². The molecule has 0 heterocycles. The van der Waals surface area contributed by atoms with Crippen LogP contribution < -0.4 is 0 Å². The van der Waals surface area contributed by atoms with Crippen LogP contribution in [-0.4, -0.2) is 40.3 Å². The van der Waals surface area contributed by atoms with Gasteiger partial charge in [0.1, 0.15) is 11.9 Å². The van der Waals surface area contributed by atoms with Crippen molar-refractivity contribution < 1.29 is 24.5 Å². The van der Waals surface area contributed by atoms with Gasteiger partial charge in [-0.3, -0.25) is 9.59 Å². The van der Waals surface area contributed by atoms with E-state index in [0.29, 0.717) is 18.3 Å². The van der Waals surface area contributed by atoms with Crippen LogP contribution in [0.15, 0.2) is 23.8 Å². The number of hydrogen-bond acceptors (Lipinski definition) is 5. The van der Waals surface area contributed by atoms with E-state index in [4.69, 9.17) is 4.74 Å². The summed E-state index contributed by atoms with van der Waals surface area (Å²) in [6, 6.07) is 0. The monoisotopic (exact) mass is 434 g/mol. The topological polar surface area (TPSA) is 83.8 Å². The van der Waals surface area contributed by atoms with Crippen molar-refractivity contribution >= 4 is 11.8 Å². The fraction of sp³-hybridized carbons (Fsp3) is 0.769. The molecular weight excluding hydrogens is 392 g/mol. The first-order valence-electron chi connectivity index (χ1n) is 11.9. The lowest BCUT2D eigenvalue weighted by Crippen LogP contribution is -2.43. The van der Waals surface area contributed by atoms with Crippen molar-refractivity contribution in [1.82, 2.24) is 0 Å². The fourth-order valence-electron chi connectivity index (χ4n) is 4.89. The van der Waals surface area contributed by atoms with Gasteiger partial charge in [-0.25, -0.2) is 0 Å². The predicted molar refractivity (Wildman–Crippen MR) is 122 cm³/mol. The third-order valence-corrected chi connectivity index (χ3v) is 7.19. The van der Waals surface area contributed by atoms with E-state index in [9.17, 15) is 19.8 Å². The van der Waals surface area contributed by atoms with E-state index in [2.05, 4.69) is 32.1 Å². The highest BCUT2D eigenvalue weighted by molar-refractivity contribution is 5.76. The third-order valence-electron chi connectivity index (χ3n) is 7.19. The Balaban J connectivity index is 2.12. The van der Waals surface area contributed by atoms with E-state index < -0.39 is 17.6 Å². The van der Waals surface area contributed by atoms with E-state index in [-0.39, 0.29) is 42.5 Å². The molecule has 0 bridgehead atoms. The maximum Gasteiger partial charge on any atom is 0.311 e. The number of Topliss-reactive ketones (excluding diaryl/α,β-unsaturated/α-hetero) is 1. The Bertz CT molecular complexity index is 692. The molecule has 2 aliphatic rings. The minimum absolute atomic E-state index is 0.0727. The van der Waals surface area contributed by atoms with E-state index in [1.54, 1.807) is 0 Å². The molecule has 2 rings (SSSR count). The fourth-order valence-corrected chi connectivity index (χ4v) is 4.89. The van der Waals surface area contributed by atoms with Gasteiger partial charge in [0.15, 0.2) is 0 Å². The molecule has 0 fully saturated rings. The van der Waals surface area contributed by atoms with Crippen LogP contribution in [0.5, 0.6) is 0 Å². The lowest BCUT2D eigenvalue weighted by molar-refractivity contribution is -0.164. The Morgan fingerprint density at radius 1 is 1.23 bits per heavy atom. The average Bonchev–Trinajstić information content (AvgIpc) is 2.66. The Morgan fingerprint density at radius 2 is 1.90 bits per heavy atom. The molecule has 2 aliphatic carbocycles. The van der Waals surface area contributed by atoms with Crippen molar-refractivity contribution in [1.29, 1.82) is 0 Å². The van der Waals surface area contributed by atoms with E-state index in [1.165, 1.54) is 12.5 Å². The highest BCUT2D eigenvalue weighted by Gasteiger charge is 2.42. The number of esters is 1. The largest absolute Gasteiger partial charge is 0.461 e. The Kier molecular flexibility index (Phi) is 9.08. The first kappa shape index (κ1) is 25.8. The molecule has 2 N–H and O–H groups in total. The van der Waals surface area contributed by atoms with Gasteiger partial charge >= 0.3 is 5.97 Å². The number of carbonyl (C=O) groups excluding carboxylic acids is 2. The Hall–Kier alpha value is -1.46. The average molecular weight is 435 g/mol.